The summed E-state index contributed by atoms with van der Waals surface area (Å²) in [5, 5.41) is 15.2. The largest absolute Gasteiger partial charge is 0.493 e. The zero-order valence-corrected chi connectivity index (χ0v) is 16.6. The molecule has 0 aliphatic carbocycles. The molecule has 8 nitrogen and oxygen atoms in total. The van der Waals surface area contributed by atoms with Crippen molar-refractivity contribution >= 4 is 28.7 Å². The van der Waals surface area contributed by atoms with E-state index in [0.717, 1.165) is 5.56 Å². The number of carbonyl (C=O) groups excluding carboxylic acids is 1. The maximum absolute atomic E-state index is 11.5. The fraction of sp³-hybridized carbons (Fsp3) is 0.368. The number of hydrogen-bond donors (Lipinski definition) is 1. The molecule has 0 aliphatic heterocycles. The third kappa shape index (κ3) is 6.55. The van der Waals surface area contributed by atoms with E-state index in [4.69, 9.17) is 19.5 Å². The molecule has 0 radical (unpaired) electrons. The Kier molecular flexibility index (Phi) is 8.75. The second-order valence-corrected chi connectivity index (χ2v) is 6.34. The molecule has 1 aromatic heterocycles. The number of anilines is 1. The maximum Gasteiger partial charge on any atom is 0.311 e. The lowest BCUT2D eigenvalue weighted by Crippen LogP contribution is -2.07. The number of esters is 1. The van der Waals surface area contributed by atoms with Crippen molar-refractivity contribution in [3.63, 3.8) is 0 Å². The van der Waals surface area contributed by atoms with Gasteiger partial charge in [-0.25, -0.2) is 4.98 Å². The monoisotopic (exact) mass is 402 g/mol. The summed E-state index contributed by atoms with van der Waals surface area (Å²) in [7, 11) is 1.57. The van der Waals surface area contributed by atoms with E-state index < -0.39 is 0 Å². The average Bonchev–Trinajstić information content (AvgIpc) is 3.13. The van der Waals surface area contributed by atoms with Gasteiger partial charge in [0.2, 0.25) is 5.13 Å². The molecule has 28 heavy (non-hydrogen) atoms. The SMILES string of the molecule is CCOC(=O)Cc1csc(NN=Cc2cccc(OC)c2OCCCC#N)n1. The van der Waals surface area contributed by atoms with Gasteiger partial charge in [-0.15, -0.1) is 11.3 Å². The molecule has 1 heterocycles. The first-order valence-corrected chi connectivity index (χ1v) is 9.61. The van der Waals surface area contributed by atoms with E-state index in [1.165, 1.54) is 11.3 Å². The Morgan fingerprint density at radius 2 is 2.32 bits per heavy atom. The molecule has 0 saturated carbocycles. The molecule has 0 unspecified atom stereocenters. The topological polar surface area (TPSA) is 106 Å². The van der Waals surface area contributed by atoms with Crippen LogP contribution in [0.5, 0.6) is 11.5 Å². The number of nitrogens with zero attached hydrogens (tertiary/aromatic N) is 3. The number of ether oxygens (including phenoxy) is 3. The van der Waals surface area contributed by atoms with Crippen LogP contribution in [0.25, 0.3) is 0 Å². The summed E-state index contributed by atoms with van der Waals surface area (Å²) < 4.78 is 16.0. The Balaban J connectivity index is 2.00. The van der Waals surface area contributed by atoms with Crippen LogP contribution in [0.3, 0.4) is 0 Å². The normalized spacial score (nSPS) is 10.5. The molecule has 2 rings (SSSR count). The van der Waals surface area contributed by atoms with Gasteiger partial charge in [-0.2, -0.15) is 10.4 Å². The smallest absolute Gasteiger partial charge is 0.311 e. The van der Waals surface area contributed by atoms with Crippen molar-refractivity contribution in [3.8, 4) is 17.6 Å². The summed E-state index contributed by atoms with van der Waals surface area (Å²) in [4.78, 5) is 15.8. The number of aromatic nitrogens is 1. The van der Waals surface area contributed by atoms with Gasteiger partial charge in [-0.05, 0) is 25.5 Å². The van der Waals surface area contributed by atoms with Crippen LogP contribution in [-0.2, 0) is 16.0 Å². The summed E-state index contributed by atoms with van der Waals surface area (Å²) in [6, 6.07) is 7.57. The van der Waals surface area contributed by atoms with Crippen molar-refractivity contribution in [2.45, 2.75) is 26.2 Å². The van der Waals surface area contributed by atoms with Gasteiger partial charge in [0, 0.05) is 17.4 Å². The number of thiazole rings is 1. The predicted octanol–water partition coefficient (Wildman–Crippen LogP) is 3.39. The van der Waals surface area contributed by atoms with Crippen molar-refractivity contribution in [1.29, 1.82) is 5.26 Å². The van der Waals surface area contributed by atoms with Gasteiger partial charge in [0.25, 0.3) is 0 Å². The Bertz CT molecular complexity index is 845. The van der Waals surface area contributed by atoms with Gasteiger partial charge in [0.05, 0.1) is 44.7 Å². The van der Waals surface area contributed by atoms with Gasteiger partial charge in [0.15, 0.2) is 11.5 Å². The van der Waals surface area contributed by atoms with Crippen LogP contribution in [0.4, 0.5) is 5.13 Å². The van der Waals surface area contributed by atoms with Crippen LogP contribution < -0.4 is 14.9 Å². The molecular formula is C19H22N4O4S. The number of benzene rings is 1. The predicted molar refractivity (Wildman–Crippen MR) is 107 cm³/mol. The minimum absolute atomic E-state index is 0.131. The number of unbranched alkanes of at least 4 members (excludes halogenated alkanes) is 1. The maximum atomic E-state index is 11.5. The van der Waals surface area contributed by atoms with Crippen LogP contribution >= 0.6 is 11.3 Å². The highest BCUT2D eigenvalue weighted by atomic mass is 32.1. The fourth-order valence-corrected chi connectivity index (χ4v) is 2.89. The highest BCUT2D eigenvalue weighted by Gasteiger charge is 2.10. The molecule has 0 bridgehead atoms. The number of nitrogens with one attached hydrogen (secondary N) is 1. The van der Waals surface area contributed by atoms with Gasteiger partial charge < -0.3 is 14.2 Å². The van der Waals surface area contributed by atoms with E-state index in [9.17, 15) is 4.79 Å². The van der Waals surface area contributed by atoms with Gasteiger partial charge in [-0.3, -0.25) is 10.2 Å². The van der Waals surface area contributed by atoms with E-state index >= 15 is 0 Å². The van der Waals surface area contributed by atoms with Crippen LogP contribution in [0.15, 0.2) is 28.7 Å². The highest BCUT2D eigenvalue weighted by Crippen LogP contribution is 2.30. The Morgan fingerprint density at radius 1 is 1.46 bits per heavy atom. The second kappa shape index (κ2) is 11.6. The number of hydrazone groups is 1. The van der Waals surface area contributed by atoms with Crippen LogP contribution in [0, 0.1) is 11.3 Å². The zero-order chi connectivity index (χ0) is 20.2. The van der Waals surface area contributed by atoms with Crippen molar-refractivity contribution in [1.82, 2.24) is 4.98 Å². The molecule has 0 aliphatic rings. The van der Waals surface area contributed by atoms with E-state index in [1.54, 1.807) is 31.7 Å². The molecule has 0 fully saturated rings. The first kappa shape index (κ1) is 21.2. The molecule has 0 amide bonds. The van der Waals surface area contributed by atoms with E-state index in [-0.39, 0.29) is 12.4 Å². The van der Waals surface area contributed by atoms with Crippen molar-refractivity contribution < 1.29 is 19.0 Å². The molecule has 0 saturated heterocycles. The standard InChI is InChI=1S/C19H22N4O4S/c1-3-26-17(24)11-15-13-28-19(22-15)23-21-12-14-7-6-8-16(25-2)18(14)27-10-5-4-9-20/h6-8,12-13H,3-5,10-11H2,1-2H3,(H,22,23). The van der Waals surface area contributed by atoms with Gasteiger partial charge in [-0.1, -0.05) is 6.07 Å². The molecule has 1 aromatic carbocycles. The lowest BCUT2D eigenvalue weighted by Gasteiger charge is -2.12. The quantitative estimate of drug-likeness (QED) is 0.266. The van der Waals surface area contributed by atoms with Crippen LogP contribution in [-0.4, -0.2) is 37.5 Å². The number of hydrogen-bond acceptors (Lipinski definition) is 9. The molecule has 0 spiro atoms. The van der Waals surface area contributed by atoms with Crippen LogP contribution in [0.1, 0.15) is 31.0 Å². The third-order valence-electron chi connectivity index (χ3n) is 3.45. The molecule has 148 valence electrons. The summed E-state index contributed by atoms with van der Waals surface area (Å²) in [6.45, 7) is 2.52. The van der Waals surface area contributed by atoms with E-state index in [2.05, 4.69) is 21.6 Å². The number of carbonyl (C=O) groups is 1. The number of para-hydroxylation sites is 1. The molecular weight excluding hydrogens is 380 g/mol. The number of rotatable bonds is 11. The molecule has 9 heteroatoms. The van der Waals surface area contributed by atoms with Crippen molar-refractivity contribution in [3.05, 3.63) is 34.8 Å². The lowest BCUT2D eigenvalue weighted by atomic mass is 10.2. The highest BCUT2D eigenvalue weighted by molar-refractivity contribution is 7.13. The first-order chi connectivity index (χ1) is 13.7. The summed E-state index contributed by atoms with van der Waals surface area (Å²) in [5.41, 5.74) is 4.20. The third-order valence-corrected chi connectivity index (χ3v) is 4.25. The Morgan fingerprint density at radius 3 is 3.07 bits per heavy atom. The Hall–Kier alpha value is -3.12. The van der Waals surface area contributed by atoms with E-state index in [0.29, 0.717) is 48.4 Å². The second-order valence-electron chi connectivity index (χ2n) is 5.48. The molecule has 2 aromatic rings. The van der Waals surface area contributed by atoms with Crippen molar-refractivity contribution in [2.75, 3.05) is 25.7 Å². The molecule has 1 N–H and O–H groups in total. The number of methoxy groups -OCH3 is 1. The van der Waals surface area contributed by atoms with Gasteiger partial charge >= 0.3 is 5.97 Å². The molecule has 0 atom stereocenters. The van der Waals surface area contributed by atoms with Crippen LogP contribution in [0.2, 0.25) is 0 Å². The fourth-order valence-electron chi connectivity index (χ4n) is 2.23. The van der Waals surface area contributed by atoms with E-state index in [1.807, 2.05) is 12.1 Å². The summed E-state index contributed by atoms with van der Waals surface area (Å²) in [5.74, 6) is 0.847. The summed E-state index contributed by atoms with van der Waals surface area (Å²) >= 11 is 1.35. The van der Waals surface area contributed by atoms with Gasteiger partial charge in [0.1, 0.15) is 0 Å². The van der Waals surface area contributed by atoms with Crippen molar-refractivity contribution in [2.24, 2.45) is 5.10 Å². The minimum atomic E-state index is -0.308. The first-order valence-electron chi connectivity index (χ1n) is 8.73. The minimum Gasteiger partial charge on any atom is -0.493 e. The lowest BCUT2D eigenvalue weighted by molar-refractivity contribution is -0.142. The summed E-state index contributed by atoms with van der Waals surface area (Å²) in [6.07, 6.45) is 2.80. The zero-order valence-electron chi connectivity index (χ0n) is 15.8. The Labute approximate surface area is 167 Å². The average molecular weight is 402 g/mol. The number of nitriles is 1.